The van der Waals surface area contributed by atoms with Crippen molar-refractivity contribution >= 4 is 46.5 Å². The lowest BCUT2D eigenvalue weighted by molar-refractivity contribution is -0.133. The van der Waals surface area contributed by atoms with Crippen LogP contribution in [0.1, 0.15) is 42.0 Å². The first-order valence-electron chi connectivity index (χ1n) is 11.7. The molecular weight excluding hydrogens is 489 g/mol. The van der Waals surface area contributed by atoms with E-state index in [4.69, 9.17) is 40.2 Å². The second kappa shape index (κ2) is 10.8. The molecule has 8 heteroatoms. The standard InChI is InChI=1S/C26H31Cl2N3O2S/c1-29(2)26(34)33-23-8-6-7-19-18(23)10-12-22(31-13-4-5-14-31)25(19)30(3)24(32)16-17-9-11-20(27)21(28)15-17/h6-9,11,15,22,25H,4-5,10,12-14,16H2,1-3H3. The average molecular weight is 521 g/mol. The minimum absolute atomic E-state index is 0.0515. The van der Waals surface area contributed by atoms with Gasteiger partial charge in [0.15, 0.2) is 0 Å². The molecule has 0 spiro atoms. The predicted octanol–water partition coefficient (Wildman–Crippen LogP) is 5.37. The Labute approximate surface area is 217 Å². The molecule has 0 N–H and O–H groups in total. The van der Waals surface area contributed by atoms with Crippen LogP contribution in [-0.4, -0.2) is 66.1 Å². The molecule has 1 aliphatic carbocycles. The van der Waals surface area contributed by atoms with Crippen LogP contribution in [0.2, 0.25) is 10.0 Å². The zero-order valence-electron chi connectivity index (χ0n) is 19.9. The first kappa shape index (κ1) is 25.2. The third kappa shape index (κ3) is 5.35. The van der Waals surface area contributed by atoms with Gasteiger partial charge in [-0.1, -0.05) is 41.4 Å². The molecule has 2 aromatic rings. The van der Waals surface area contributed by atoms with Crippen LogP contribution in [0.25, 0.3) is 0 Å². The lowest BCUT2D eigenvalue weighted by Crippen LogP contribution is -2.48. The molecule has 4 rings (SSSR count). The Balaban J connectivity index is 1.66. The van der Waals surface area contributed by atoms with Gasteiger partial charge in [0, 0.05) is 32.7 Å². The van der Waals surface area contributed by atoms with E-state index < -0.39 is 0 Å². The molecule has 2 atom stereocenters. The Morgan fingerprint density at radius 1 is 1.12 bits per heavy atom. The number of likely N-dealkylation sites (tertiary alicyclic amines) is 1. The highest BCUT2D eigenvalue weighted by Crippen LogP contribution is 2.41. The number of amides is 1. The number of nitrogens with zero attached hydrogens (tertiary/aromatic N) is 3. The van der Waals surface area contributed by atoms with Gasteiger partial charge in [0.1, 0.15) is 5.75 Å². The summed E-state index contributed by atoms with van der Waals surface area (Å²) in [5.41, 5.74) is 3.14. The van der Waals surface area contributed by atoms with Crippen LogP contribution in [0.15, 0.2) is 36.4 Å². The Bertz CT molecular complexity index is 1070. The number of halogens is 2. The van der Waals surface area contributed by atoms with E-state index >= 15 is 0 Å². The Morgan fingerprint density at radius 3 is 2.53 bits per heavy atom. The lowest BCUT2D eigenvalue weighted by atomic mass is 9.81. The first-order valence-corrected chi connectivity index (χ1v) is 12.9. The van der Waals surface area contributed by atoms with Crippen LogP contribution in [0.4, 0.5) is 0 Å². The highest BCUT2D eigenvalue weighted by Gasteiger charge is 2.39. The summed E-state index contributed by atoms with van der Waals surface area (Å²) in [6.45, 7) is 2.15. The molecule has 0 saturated carbocycles. The molecule has 1 amide bonds. The topological polar surface area (TPSA) is 36.0 Å². The quantitative estimate of drug-likeness (QED) is 0.496. The van der Waals surface area contributed by atoms with Crippen LogP contribution in [0, 0.1) is 0 Å². The highest BCUT2D eigenvalue weighted by atomic mass is 35.5. The van der Waals surface area contributed by atoms with E-state index in [0.717, 1.165) is 48.4 Å². The molecule has 2 aromatic carbocycles. The minimum atomic E-state index is -0.0615. The first-order chi connectivity index (χ1) is 16.3. The van der Waals surface area contributed by atoms with E-state index in [1.54, 1.807) is 17.0 Å². The number of carbonyl (C=O) groups excluding carboxylic acids is 1. The molecule has 1 aliphatic heterocycles. The second-order valence-electron chi connectivity index (χ2n) is 9.31. The average Bonchev–Trinajstić information content (AvgIpc) is 3.35. The molecule has 1 saturated heterocycles. The van der Waals surface area contributed by atoms with E-state index in [1.807, 2.05) is 44.2 Å². The fourth-order valence-corrected chi connectivity index (χ4v) is 5.50. The predicted molar refractivity (Wildman–Crippen MR) is 142 cm³/mol. The zero-order chi connectivity index (χ0) is 24.4. The fraction of sp³-hybridized carbons (Fsp3) is 0.462. The molecule has 1 heterocycles. The van der Waals surface area contributed by atoms with Crippen LogP contribution in [0.5, 0.6) is 5.75 Å². The van der Waals surface area contributed by atoms with Crippen LogP contribution >= 0.6 is 35.4 Å². The largest absolute Gasteiger partial charge is 0.431 e. The normalized spacial score (nSPS) is 20.0. The van der Waals surface area contributed by atoms with Gasteiger partial charge in [-0.3, -0.25) is 9.69 Å². The number of hydrogen-bond acceptors (Lipinski definition) is 4. The van der Waals surface area contributed by atoms with Crippen molar-refractivity contribution < 1.29 is 9.53 Å². The number of thiocarbonyl (C=S) groups is 1. The monoisotopic (exact) mass is 519 g/mol. The van der Waals surface area contributed by atoms with E-state index in [2.05, 4.69) is 11.0 Å². The van der Waals surface area contributed by atoms with E-state index in [9.17, 15) is 4.79 Å². The number of benzene rings is 2. The fourth-order valence-electron chi connectivity index (χ4n) is 5.09. The van der Waals surface area contributed by atoms with Crippen LogP contribution in [0.3, 0.4) is 0 Å². The Kier molecular flexibility index (Phi) is 8.03. The summed E-state index contributed by atoms with van der Waals surface area (Å²) in [5, 5.41) is 1.38. The smallest absolute Gasteiger partial charge is 0.264 e. The summed E-state index contributed by atoms with van der Waals surface area (Å²) in [6, 6.07) is 11.7. The summed E-state index contributed by atoms with van der Waals surface area (Å²) < 4.78 is 6.06. The van der Waals surface area contributed by atoms with Gasteiger partial charge >= 0.3 is 0 Å². The van der Waals surface area contributed by atoms with Gasteiger partial charge in [0.25, 0.3) is 5.17 Å². The molecule has 0 aromatic heterocycles. The van der Waals surface area contributed by atoms with Gasteiger partial charge in [0.2, 0.25) is 5.91 Å². The lowest BCUT2D eigenvalue weighted by Gasteiger charge is -2.44. The van der Waals surface area contributed by atoms with Gasteiger partial charge in [-0.2, -0.15) is 0 Å². The number of fused-ring (bicyclic) bond motifs is 1. The van der Waals surface area contributed by atoms with E-state index in [-0.39, 0.29) is 24.4 Å². The van der Waals surface area contributed by atoms with E-state index in [0.29, 0.717) is 15.2 Å². The maximum Gasteiger partial charge on any atom is 0.264 e. The van der Waals surface area contributed by atoms with Gasteiger partial charge in [-0.05, 0) is 80.3 Å². The van der Waals surface area contributed by atoms with Crippen molar-refractivity contribution in [2.24, 2.45) is 0 Å². The summed E-state index contributed by atoms with van der Waals surface area (Å²) in [6.07, 6.45) is 4.55. The molecule has 0 radical (unpaired) electrons. The number of ether oxygens (including phenoxy) is 1. The van der Waals surface area contributed by atoms with Crippen molar-refractivity contribution in [1.29, 1.82) is 0 Å². The van der Waals surface area contributed by atoms with Crippen molar-refractivity contribution in [1.82, 2.24) is 14.7 Å². The minimum Gasteiger partial charge on any atom is -0.431 e. The molecule has 182 valence electrons. The second-order valence-corrected chi connectivity index (χ2v) is 10.5. The molecular formula is C26H31Cl2N3O2S. The molecule has 1 fully saturated rings. The highest BCUT2D eigenvalue weighted by molar-refractivity contribution is 7.80. The van der Waals surface area contributed by atoms with Gasteiger partial charge in [-0.15, -0.1) is 0 Å². The third-order valence-electron chi connectivity index (χ3n) is 6.86. The van der Waals surface area contributed by atoms with Crippen molar-refractivity contribution in [3.63, 3.8) is 0 Å². The molecule has 34 heavy (non-hydrogen) atoms. The maximum absolute atomic E-state index is 13.5. The Hall–Kier alpha value is -1.86. The maximum atomic E-state index is 13.5. The van der Waals surface area contributed by atoms with Crippen LogP contribution in [-0.2, 0) is 17.6 Å². The number of likely N-dealkylation sites (N-methyl/N-ethyl adjacent to an activating group) is 1. The number of hydrogen-bond donors (Lipinski definition) is 0. The van der Waals surface area contributed by atoms with Crippen molar-refractivity contribution in [3.05, 3.63) is 63.1 Å². The van der Waals surface area contributed by atoms with Crippen molar-refractivity contribution in [2.75, 3.05) is 34.2 Å². The Morgan fingerprint density at radius 2 is 1.85 bits per heavy atom. The van der Waals surface area contributed by atoms with Crippen LogP contribution < -0.4 is 4.74 Å². The van der Waals surface area contributed by atoms with Gasteiger partial charge < -0.3 is 14.5 Å². The summed E-state index contributed by atoms with van der Waals surface area (Å²) in [4.78, 5) is 19.8. The SMILES string of the molecule is CN(C)C(=S)Oc1cccc2c1CCC(N1CCCC1)C2N(C)C(=O)Cc1ccc(Cl)c(Cl)c1. The summed E-state index contributed by atoms with van der Waals surface area (Å²) in [5.74, 6) is 0.835. The number of rotatable bonds is 5. The van der Waals surface area contributed by atoms with Gasteiger partial charge in [-0.25, -0.2) is 0 Å². The molecule has 2 unspecified atom stereocenters. The van der Waals surface area contributed by atoms with Crippen molar-refractivity contribution in [3.8, 4) is 5.75 Å². The third-order valence-corrected chi connectivity index (χ3v) is 8.05. The molecule has 2 aliphatic rings. The number of carbonyl (C=O) groups is 1. The summed E-state index contributed by atoms with van der Waals surface area (Å²) in [7, 11) is 5.67. The van der Waals surface area contributed by atoms with Gasteiger partial charge in [0.05, 0.1) is 22.5 Å². The van der Waals surface area contributed by atoms with E-state index in [1.165, 1.54) is 12.8 Å². The molecule has 0 bridgehead atoms. The molecule has 5 nitrogen and oxygen atoms in total. The summed E-state index contributed by atoms with van der Waals surface area (Å²) >= 11 is 17.7. The van der Waals surface area contributed by atoms with Crippen molar-refractivity contribution in [2.45, 2.75) is 44.2 Å². The zero-order valence-corrected chi connectivity index (χ0v) is 22.2.